The van der Waals surface area contributed by atoms with E-state index >= 15 is 0 Å². The van der Waals surface area contributed by atoms with Crippen molar-refractivity contribution in [3.05, 3.63) is 23.5 Å². The standard InChI is InChI=1S/C10H12ClN3O2/c11-9-5-7(1-3-12-9)13-10(16)14-4-2-8(15)6-14/h1,3,5,8,15H,2,4,6H2,(H,12,13,16)/t8-/m0/s1. The quantitative estimate of drug-likeness (QED) is 0.729. The largest absolute Gasteiger partial charge is 0.391 e. The van der Waals surface area contributed by atoms with Gasteiger partial charge in [-0.25, -0.2) is 9.78 Å². The molecule has 0 aliphatic carbocycles. The molecule has 1 aromatic rings. The first kappa shape index (κ1) is 11.2. The van der Waals surface area contributed by atoms with Crippen molar-refractivity contribution in [2.45, 2.75) is 12.5 Å². The van der Waals surface area contributed by atoms with Crippen molar-refractivity contribution >= 4 is 23.3 Å². The van der Waals surface area contributed by atoms with Gasteiger partial charge in [0.1, 0.15) is 5.15 Å². The van der Waals surface area contributed by atoms with Gasteiger partial charge in [-0.2, -0.15) is 0 Å². The smallest absolute Gasteiger partial charge is 0.321 e. The molecule has 1 aromatic heterocycles. The van der Waals surface area contributed by atoms with Gasteiger partial charge in [-0.05, 0) is 18.6 Å². The minimum Gasteiger partial charge on any atom is -0.391 e. The fourth-order valence-electron chi connectivity index (χ4n) is 1.61. The minimum absolute atomic E-state index is 0.223. The molecule has 6 heteroatoms. The Balaban J connectivity index is 1.97. The zero-order chi connectivity index (χ0) is 11.5. The minimum atomic E-state index is -0.410. The summed E-state index contributed by atoms with van der Waals surface area (Å²) in [6, 6.07) is 3.02. The summed E-state index contributed by atoms with van der Waals surface area (Å²) >= 11 is 5.70. The molecule has 0 saturated carbocycles. The number of aromatic nitrogens is 1. The predicted molar refractivity (Wildman–Crippen MR) is 60.5 cm³/mol. The van der Waals surface area contributed by atoms with Crippen molar-refractivity contribution in [1.29, 1.82) is 0 Å². The molecule has 2 heterocycles. The predicted octanol–water partition coefficient (Wildman–Crippen LogP) is 1.33. The van der Waals surface area contributed by atoms with Crippen molar-refractivity contribution in [1.82, 2.24) is 9.88 Å². The maximum atomic E-state index is 11.7. The van der Waals surface area contributed by atoms with Gasteiger partial charge in [0.2, 0.25) is 0 Å². The number of hydrogen-bond donors (Lipinski definition) is 2. The van der Waals surface area contributed by atoms with Crippen LogP contribution in [0.1, 0.15) is 6.42 Å². The van der Waals surface area contributed by atoms with Crippen LogP contribution < -0.4 is 5.32 Å². The van der Waals surface area contributed by atoms with Gasteiger partial charge in [-0.3, -0.25) is 0 Å². The van der Waals surface area contributed by atoms with Gasteiger partial charge in [0.15, 0.2) is 0 Å². The number of amides is 2. The Hall–Kier alpha value is -1.33. The van der Waals surface area contributed by atoms with Crippen molar-refractivity contribution in [2.75, 3.05) is 18.4 Å². The van der Waals surface area contributed by atoms with Crippen LogP contribution in [0.25, 0.3) is 0 Å². The number of halogens is 1. The zero-order valence-electron chi connectivity index (χ0n) is 8.56. The third-order valence-corrected chi connectivity index (χ3v) is 2.64. The lowest BCUT2D eigenvalue weighted by molar-refractivity contribution is 0.176. The van der Waals surface area contributed by atoms with E-state index in [0.29, 0.717) is 30.4 Å². The Morgan fingerprint density at radius 1 is 1.69 bits per heavy atom. The van der Waals surface area contributed by atoms with Crippen LogP contribution in [0.2, 0.25) is 5.15 Å². The molecule has 86 valence electrons. The summed E-state index contributed by atoms with van der Waals surface area (Å²) < 4.78 is 0. The van der Waals surface area contributed by atoms with Crippen LogP contribution in [0.15, 0.2) is 18.3 Å². The highest BCUT2D eigenvalue weighted by Gasteiger charge is 2.24. The van der Waals surface area contributed by atoms with Crippen LogP contribution in [0.3, 0.4) is 0 Å². The van der Waals surface area contributed by atoms with Gasteiger partial charge in [0, 0.05) is 25.0 Å². The Morgan fingerprint density at radius 3 is 3.12 bits per heavy atom. The van der Waals surface area contributed by atoms with E-state index in [1.807, 2.05) is 0 Å². The number of rotatable bonds is 1. The maximum Gasteiger partial charge on any atom is 0.321 e. The molecule has 1 saturated heterocycles. The Morgan fingerprint density at radius 2 is 2.50 bits per heavy atom. The Labute approximate surface area is 98.0 Å². The molecule has 2 N–H and O–H groups in total. The van der Waals surface area contributed by atoms with E-state index in [-0.39, 0.29) is 6.03 Å². The third kappa shape index (κ3) is 2.62. The topological polar surface area (TPSA) is 65.5 Å². The van der Waals surface area contributed by atoms with E-state index in [1.54, 1.807) is 17.0 Å². The highest BCUT2D eigenvalue weighted by molar-refractivity contribution is 6.29. The molecule has 2 amide bonds. The van der Waals surface area contributed by atoms with Crippen LogP contribution in [-0.4, -0.2) is 40.2 Å². The van der Waals surface area contributed by atoms with Gasteiger partial charge in [-0.1, -0.05) is 11.6 Å². The normalized spacial score (nSPS) is 19.9. The molecule has 1 aliphatic rings. The Kier molecular flexibility index (Phi) is 3.26. The van der Waals surface area contributed by atoms with Gasteiger partial charge >= 0.3 is 6.03 Å². The molecule has 0 unspecified atom stereocenters. The van der Waals surface area contributed by atoms with Gasteiger partial charge in [0.25, 0.3) is 0 Å². The van der Waals surface area contributed by atoms with E-state index in [2.05, 4.69) is 10.3 Å². The first-order chi connectivity index (χ1) is 7.65. The summed E-state index contributed by atoms with van der Waals surface area (Å²) in [5.41, 5.74) is 0.603. The molecule has 0 bridgehead atoms. The molecule has 0 spiro atoms. The highest BCUT2D eigenvalue weighted by Crippen LogP contribution is 2.14. The van der Waals surface area contributed by atoms with E-state index < -0.39 is 6.10 Å². The fraction of sp³-hybridized carbons (Fsp3) is 0.400. The summed E-state index contributed by atoms with van der Waals surface area (Å²) in [7, 11) is 0. The number of carbonyl (C=O) groups excluding carboxylic acids is 1. The van der Waals surface area contributed by atoms with E-state index in [9.17, 15) is 9.90 Å². The molecular formula is C10H12ClN3O2. The molecule has 1 aliphatic heterocycles. The van der Waals surface area contributed by atoms with Crippen molar-refractivity contribution in [3.8, 4) is 0 Å². The lowest BCUT2D eigenvalue weighted by Gasteiger charge is -2.16. The molecule has 0 radical (unpaired) electrons. The number of pyridine rings is 1. The number of hydrogen-bond acceptors (Lipinski definition) is 3. The monoisotopic (exact) mass is 241 g/mol. The number of urea groups is 1. The van der Waals surface area contributed by atoms with Crippen molar-refractivity contribution < 1.29 is 9.90 Å². The van der Waals surface area contributed by atoms with E-state index in [1.165, 1.54) is 6.20 Å². The SMILES string of the molecule is O=C(Nc1ccnc(Cl)c1)N1CC[C@H](O)C1. The highest BCUT2D eigenvalue weighted by atomic mass is 35.5. The number of likely N-dealkylation sites (tertiary alicyclic amines) is 1. The van der Waals surface area contributed by atoms with Gasteiger partial charge in [0.05, 0.1) is 6.10 Å². The number of nitrogens with one attached hydrogen (secondary N) is 1. The molecule has 2 rings (SSSR count). The summed E-state index contributed by atoms with van der Waals surface area (Å²) in [5.74, 6) is 0. The fourth-order valence-corrected chi connectivity index (χ4v) is 1.78. The number of β-amino-alcohol motifs (C(OH)–C–C–N with tert-alkyl or cyclic N) is 1. The average molecular weight is 242 g/mol. The first-order valence-electron chi connectivity index (χ1n) is 5.01. The zero-order valence-corrected chi connectivity index (χ0v) is 9.31. The van der Waals surface area contributed by atoms with E-state index in [4.69, 9.17) is 11.6 Å². The second-order valence-electron chi connectivity index (χ2n) is 3.69. The second-order valence-corrected chi connectivity index (χ2v) is 4.07. The Bertz CT molecular complexity index is 399. The maximum absolute atomic E-state index is 11.7. The molecule has 16 heavy (non-hydrogen) atoms. The number of aliphatic hydroxyl groups excluding tert-OH is 1. The summed E-state index contributed by atoms with van der Waals surface area (Å²) in [6.45, 7) is 0.955. The molecule has 1 fully saturated rings. The summed E-state index contributed by atoms with van der Waals surface area (Å²) in [5, 5.41) is 12.3. The molecule has 5 nitrogen and oxygen atoms in total. The first-order valence-corrected chi connectivity index (χ1v) is 5.38. The third-order valence-electron chi connectivity index (χ3n) is 2.43. The summed E-state index contributed by atoms with van der Waals surface area (Å²) in [6.07, 6.45) is 1.74. The van der Waals surface area contributed by atoms with Crippen LogP contribution in [-0.2, 0) is 0 Å². The average Bonchev–Trinajstić information content (AvgIpc) is 2.65. The lowest BCUT2D eigenvalue weighted by Crippen LogP contribution is -2.33. The molecular weight excluding hydrogens is 230 g/mol. The van der Waals surface area contributed by atoms with Crippen molar-refractivity contribution in [2.24, 2.45) is 0 Å². The van der Waals surface area contributed by atoms with Crippen LogP contribution in [0.4, 0.5) is 10.5 Å². The van der Waals surface area contributed by atoms with E-state index in [0.717, 1.165) is 0 Å². The number of carbonyl (C=O) groups is 1. The summed E-state index contributed by atoms with van der Waals surface area (Å²) in [4.78, 5) is 17.1. The molecule has 1 atom stereocenters. The molecule has 0 aromatic carbocycles. The number of nitrogens with zero attached hydrogens (tertiary/aromatic N) is 2. The van der Waals surface area contributed by atoms with Gasteiger partial charge < -0.3 is 15.3 Å². The van der Waals surface area contributed by atoms with Crippen LogP contribution >= 0.6 is 11.6 Å². The van der Waals surface area contributed by atoms with Crippen molar-refractivity contribution in [3.63, 3.8) is 0 Å². The number of anilines is 1. The van der Waals surface area contributed by atoms with Gasteiger partial charge in [-0.15, -0.1) is 0 Å². The van der Waals surface area contributed by atoms with Crippen LogP contribution in [0, 0.1) is 0 Å². The van der Waals surface area contributed by atoms with Crippen LogP contribution in [0.5, 0.6) is 0 Å². The number of aliphatic hydroxyl groups is 1. The lowest BCUT2D eigenvalue weighted by atomic mass is 10.3. The second kappa shape index (κ2) is 4.67.